The number of anilines is 1. The molecule has 180 valence electrons. The molecule has 1 fully saturated rings. The summed E-state index contributed by atoms with van der Waals surface area (Å²) in [6.45, 7) is 7.26. The number of carbonyl (C=O) groups is 2. The minimum absolute atomic E-state index is 0.100. The van der Waals surface area contributed by atoms with Gasteiger partial charge in [-0.1, -0.05) is 56.0 Å². The summed E-state index contributed by atoms with van der Waals surface area (Å²) in [6, 6.07) is 1.84. The third-order valence-electron chi connectivity index (χ3n) is 5.39. The van der Waals surface area contributed by atoms with Crippen molar-refractivity contribution in [1.29, 1.82) is 0 Å². The lowest BCUT2D eigenvalue weighted by molar-refractivity contribution is -0.133. The number of ether oxygens (including phenoxy) is 1. The lowest BCUT2D eigenvalue weighted by atomic mass is 10.1. The van der Waals surface area contributed by atoms with Crippen LogP contribution in [0.2, 0.25) is 5.15 Å². The zero-order chi connectivity index (χ0) is 23.3. The summed E-state index contributed by atoms with van der Waals surface area (Å²) >= 11 is 7.47. The fourth-order valence-corrected chi connectivity index (χ4v) is 4.56. The first kappa shape index (κ1) is 26.7. The van der Waals surface area contributed by atoms with Gasteiger partial charge in [0, 0.05) is 51.8 Å². The van der Waals surface area contributed by atoms with Crippen molar-refractivity contribution >= 4 is 41.0 Å². The van der Waals surface area contributed by atoms with Crippen LogP contribution in [0.15, 0.2) is 11.2 Å². The van der Waals surface area contributed by atoms with Crippen LogP contribution in [-0.4, -0.2) is 78.4 Å². The van der Waals surface area contributed by atoms with Crippen LogP contribution in [0.1, 0.15) is 52.4 Å². The summed E-state index contributed by atoms with van der Waals surface area (Å²) in [5.74, 6) is 1.07. The third kappa shape index (κ3) is 9.11. The highest BCUT2D eigenvalue weighted by molar-refractivity contribution is 7.99. The molecular formula is C22H36ClN5O3S. The number of piperazine rings is 1. The Morgan fingerprint density at radius 1 is 1.25 bits per heavy atom. The van der Waals surface area contributed by atoms with Crippen molar-refractivity contribution in [3.05, 3.63) is 11.2 Å². The van der Waals surface area contributed by atoms with Crippen molar-refractivity contribution in [3.63, 3.8) is 0 Å². The second-order valence-electron chi connectivity index (χ2n) is 8.01. The summed E-state index contributed by atoms with van der Waals surface area (Å²) in [5.41, 5.74) is 0. The molecule has 8 nitrogen and oxygen atoms in total. The van der Waals surface area contributed by atoms with E-state index in [4.69, 9.17) is 16.3 Å². The second kappa shape index (κ2) is 14.5. The minimum atomic E-state index is -0.104. The number of hydrogen-bond acceptors (Lipinski definition) is 7. The van der Waals surface area contributed by atoms with E-state index < -0.39 is 0 Å². The van der Waals surface area contributed by atoms with Crippen LogP contribution >= 0.6 is 23.4 Å². The molecular weight excluding hydrogens is 450 g/mol. The first-order chi connectivity index (χ1) is 15.4. The number of nitrogens with one attached hydrogen (secondary N) is 1. The molecule has 1 aliphatic rings. The van der Waals surface area contributed by atoms with Gasteiger partial charge in [-0.05, 0) is 13.3 Å². The third-order valence-corrected chi connectivity index (χ3v) is 6.43. The van der Waals surface area contributed by atoms with E-state index in [2.05, 4.69) is 34.0 Å². The van der Waals surface area contributed by atoms with Crippen LogP contribution < -0.4 is 10.2 Å². The summed E-state index contributed by atoms with van der Waals surface area (Å²) in [5, 5.41) is 3.58. The van der Waals surface area contributed by atoms with Crippen LogP contribution in [0.3, 0.4) is 0 Å². The first-order valence-electron chi connectivity index (χ1n) is 11.4. The first-order valence-corrected chi connectivity index (χ1v) is 12.8. The van der Waals surface area contributed by atoms with Gasteiger partial charge in [0.15, 0.2) is 5.16 Å². The molecule has 1 N–H and O–H groups in total. The van der Waals surface area contributed by atoms with E-state index >= 15 is 0 Å². The van der Waals surface area contributed by atoms with Gasteiger partial charge in [0.05, 0.1) is 12.4 Å². The Balaban J connectivity index is 1.86. The number of hydrogen-bond donors (Lipinski definition) is 1. The Bertz CT molecular complexity index is 740. The molecule has 0 bridgehead atoms. The summed E-state index contributed by atoms with van der Waals surface area (Å²) in [4.78, 5) is 37.5. The zero-order valence-corrected chi connectivity index (χ0v) is 21.0. The molecule has 2 rings (SSSR count). The number of thioether (sulfide) groups is 1. The molecule has 0 aliphatic carbocycles. The van der Waals surface area contributed by atoms with Gasteiger partial charge in [0.1, 0.15) is 11.0 Å². The Labute approximate surface area is 200 Å². The van der Waals surface area contributed by atoms with Crippen molar-refractivity contribution in [2.45, 2.75) is 63.6 Å². The molecule has 0 spiro atoms. The maximum Gasteiger partial charge on any atom is 0.230 e. The van der Waals surface area contributed by atoms with Crippen LogP contribution in [0.4, 0.5) is 5.82 Å². The van der Waals surface area contributed by atoms with Crippen LogP contribution in [0, 0.1) is 0 Å². The average Bonchev–Trinajstić information content (AvgIpc) is 2.77. The largest absolute Gasteiger partial charge is 0.383 e. The van der Waals surface area contributed by atoms with E-state index in [1.54, 1.807) is 13.2 Å². The topological polar surface area (TPSA) is 87.7 Å². The van der Waals surface area contributed by atoms with Crippen molar-refractivity contribution in [1.82, 2.24) is 20.2 Å². The van der Waals surface area contributed by atoms with E-state index in [1.807, 2.05) is 4.90 Å². The van der Waals surface area contributed by atoms with Crippen LogP contribution in [-0.2, 0) is 14.3 Å². The van der Waals surface area contributed by atoms with Crippen LogP contribution in [0.5, 0.6) is 0 Å². The van der Waals surface area contributed by atoms with Crippen LogP contribution in [0.25, 0.3) is 0 Å². The number of halogens is 1. The number of unbranched alkanes of at least 4 members (excludes halogenated alkanes) is 4. The van der Waals surface area contributed by atoms with Gasteiger partial charge in [0.25, 0.3) is 0 Å². The molecule has 1 unspecified atom stereocenters. The van der Waals surface area contributed by atoms with E-state index in [1.165, 1.54) is 31.0 Å². The highest BCUT2D eigenvalue weighted by Crippen LogP contribution is 2.24. The molecule has 10 heteroatoms. The van der Waals surface area contributed by atoms with Gasteiger partial charge in [0.2, 0.25) is 11.8 Å². The van der Waals surface area contributed by atoms with E-state index in [9.17, 15) is 9.59 Å². The fraction of sp³-hybridized carbons (Fsp3) is 0.727. The molecule has 1 saturated heterocycles. The molecule has 1 aromatic heterocycles. The van der Waals surface area contributed by atoms with Crippen molar-refractivity contribution in [3.8, 4) is 0 Å². The van der Waals surface area contributed by atoms with Gasteiger partial charge >= 0.3 is 0 Å². The molecule has 1 atom stereocenters. The summed E-state index contributed by atoms with van der Waals surface area (Å²) in [6.07, 6.45) is 6.37. The maximum absolute atomic E-state index is 12.6. The second-order valence-corrected chi connectivity index (χ2v) is 9.34. The number of aromatic nitrogens is 2. The van der Waals surface area contributed by atoms with Gasteiger partial charge in [-0.15, -0.1) is 0 Å². The normalized spacial score (nSPS) is 16.3. The highest BCUT2D eigenvalue weighted by atomic mass is 35.5. The van der Waals surface area contributed by atoms with E-state index in [0.29, 0.717) is 49.5 Å². The highest BCUT2D eigenvalue weighted by Gasteiger charge is 2.28. The molecule has 32 heavy (non-hydrogen) atoms. The lowest BCUT2D eigenvalue weighted by Gasteiger charge is -2.40. The van der Waals surface area contributed by atoms with Gasteiger partial charge in [-0.2, -0.15) is 0 Å². The Morgan fingerprint density at radius 2 is 2.03 bits per heavy atom. The molecule has 2 heterocycles. The standard InChI is InChI=1S/C22H36ClN5O3S/c1-4-5-6-7-8-9-21(30)28-12-11-27(15-17(28)2)19-14-18(23)25-22(26-19)32-16-20(29)24-10-13-31-3/h14,17H,4-13,15-16H2,1-3H3,(H,24,29). The predicted octanol–water partition coefficient (Wildman–Crippen LogP) is 3.38. The Kier molecular flexibility index (Phi) is 12.1. The SMILES string of the molecule is CCCCCCCC(=O)N1CCN(c2cc(Cl)nc(SCC(=O)NCCOC)n2)CC1C. The summed E-state index contributed by atoms with van der Waals surface area (Å²) in [7, 11) is 1.59. The smallest absolute Gasteiger partial charge is 0.230 e. The van der Waals surface area contributed by atoms with Gasteiger partial charge < -0.3 is 19.9 Å². The molecule has 0 saturated carbocycles. The Morgan fingerprint density at radius 3 is 2.75 bits per heavy atom. The number of amides is 2. The lowest BCUT2D eigenvalue weighted by Crippen LogP contribution is -2.54. The number of nitrogens with zero attached hydrogens (tertiary/aromatic N) is 4. The van der Waals surface area contributed by atoms with Crippen molar-refractivity contribution in [2.75, 3.05) is 50.5 Å². The summed E-state index contributed by atoms with van der Waals surface area (Å²) < 4.78 is 4.92. The predicted molar refractivity (Wildman–Crippen MR) is 129 cm³/mol. The molecule has 0 radical (unpaired) electrons. The zero-order valence-electron chi connectivity index (χ0n) is 19.4. The maximum atomic E-state index is 12.6. The molecule has 2 amide bonds. The average molecular weight is 486 g/mol. The van der Waals surface area contributed by atoms with Gasteiger partial charge in [-0.25, -0.2) is 9.97 Å². The number of carbonyl (C=O) groups excluding carboxylic acids is 2. The van der Waals surface area contributed by atoms with Crippen molar-refractivity contribution < 1.29 is 14.3 Å². The molecule has 1 aliphatic heterocycles. The quantitative estimate of drug-likeness (QED) is 0.198. The van der Waals surface area contributed by atoms with Crippen molar-refractivity contribution in [2.24, 2.45) is 0 Å². The number of rotatable bonds is 13. The monoisotopic (exact) mass is 485 g/mol. The fourth-order valence-electron chi connectivity index (χ4n) is 3.65. The number of methoxy groups -OCH3 is 1. The Hall–Kier alpha value is -1.58. The minimum Gasteiger partial charge on any atom is -0.383 e. The van der Waals surface area contributed by atoms with E-state index in [0.717, 1.165) is 18.7 Å². The van der Waals surface area contributed by atoms with Gasteiger partial charge in [-0.3, -0.25) is 9.59 Å². The van der Waals surface area contributed by atoms with E-state index in [-0.39, 0.29) is 23.6 Å². The molecule has 1 aromatic rings. The molecule has 0 aromatic carbocycles.